The lowest BCUT2D eigenvalue weighted by atomic mass is 10.00. The predicted octanol–water partition coefficient (Wildman–Crippen LogP) is 2.62. The summed E-state index contributed by atoms with van der Waals surface area (Å²) in [6.07, 6.45) is 4.51. The summed E-state index contributed by atoms with van der Waals surface area (Å²) < 4.78 is 5.62. The van der Waals surface area contributed by atoms with Gasteiger partial charge in [0.25, 0.3) is 0 Å². The van der Waals surface area contributed by atoms with Crippen molar-refractivity contribution in [3.63, 3.8) is 0 Å². The van der Waals surface area contributed by atoms with Crippen LogP contribution in [-0.2, 0) is 13.1 Å². The number of likely N-dealkylation sites (tertiary alicyclic amines) is 1. The molecule has 3 nitrogen and oxygen atoms in total. The van der Waals surface area contributed by atoms with Gasteiger partial charge in [-0.25, -0.2) is 0 Å². The van der Waals surface area contributed by atoms with Crippen molar-refractivity contribution in [1.29, 1.82) is 0 Å². The van der Waals surface area contributed by atoms with Crippen LogP contribution in [0.5, 0.6) is 0 Å². The van der Waals surface area contributed by atoms with Crippen LogP contribution in [0.25, 0.3) is 0 Å². The zero-order valence-corrected chi connectivity index (χ0v) is 11.0. The highest BCUT2D eigenvalue weighted by atomic mass is 16.3. The first-order chi connectivity index (χ1) is 8.29. The highest BCUT2D eigenvalue weighted by Crippen LogP contribution is 2.20. The van der Waals surface area contributed by atoms with Crippen LogP contribution in [0.4, 0.5) is 0 Å². The van der Waals surface area contributed by atoms with Crippen molar-refractivity contribution in [2.75, 3.05) is 19.6 Å². The molecule has 1 unspecified atom stereocenters. The Labute approximate surface area is 104 Å². The molecule has 17 heavy (non-hydrogen) atoms. The van der Waals surface area contributed by atoms with Gasteiger partial charge in [0.2, 0.25) is 0 Å². The van der Waals surface area contributed by atoms with E-state index in [1.54, 1.807) is 0 Å². The Morgan fingerprint density at radius 1 is 1.53 bits per heavy atom. The molecule has 0 saturated carbocycles. The third-order valence-corrected chi connectivity index (χ3v) is 3.51. The molecular weight excluding hydrogens is 212 g/mol. The molecule has 1 aromatic heterocycles. The summed E-state index contributed by atoms with van der Waals surface area (Å²) in [5, 5.41) is 3.36. The molecule has 96 valence electrons. The van der Waals surface area contributed by atoms with Gasteiger partial charge in [-0.3, -0.25) is 4.90 Å². The normalized spacial score (nSPS) is 21.9. The van der Waals surface area contributed by atoms with Gasteiger partial charge >= 0.3 is 0 Å². The molecule has 2 rings (SSSR count). The van der Waals surface area contributed by atoms with Crippen LogP contribution in [0.15, 0.2) is 16.7 Å². The largest absolute Gasteiger partial charge is 0.468 e. The van der Waals surface area contributed by atoms with E-state index in [9.17, 15) is 0 Å². The van der Waals surface area contributed by atoms with Crippen LogP contribution in [0.1, 0.15) is 38.0 Å². The van der Waals surface area contributed by atoms with E-state index in [-0.39, 0.29) is 0 Å². The Morgan fingerprint density at radius 3 is 3.18 bits per heavy atom. The highest BCUT2D eigenvalue weighted by Gasteiger charge is 2.18. The molecule has 0 amide bonds. The minimum Gasteiger partial charge on any atom is -0.468 e. The molecule has 2 heterocycles. The zero-order valence-electron chi connectivity index (χ0n) is 11.0. The summed E-state index contributed by atoms with van der Waals surface area (Å²) in [4.78, 5) is 2.52. The molecule has 3 heteroatoms. The maximum atomic E-state index is 5.62. The molecule has 0 radical (unpaired) electrons. The Kier molecular flexibility index (Phi) is 4.63. The first-order valence-corrected chi connectivity index (χ1v) is 6.78. The van der Waals surface area contributed by atoms with Gasteiger partial charge in [-0.2, -0.15) is 0 Å². The van der Waals surface area contributed by atoms with E-state index in [1.807, 2.05) is 6.26 Å². The third-order valence-electron chi connectivity index (χ3n) is 3.51. The fourth-order valence-electron chi connectivity index (χ4n) is 2.56. The van der Waals surface area contributed by atoms with Gasteiger partial charge in [0, 0.05) is 18.7 Å². The molecule has 1 atom stereocenters. The van der Waals surface area contributed by atoms with E-state index in [0.29, 0.717) is 0 Å². The Morgan fingerprint density at radius 2 is 2.41 bits per heavy atom. The monoisotopic (exact) mass is 236 g/mol. The van der Waals surface area contributed by atoms with E-state index in [2.05, 4.69) is 30.1 Å². The van der Waals surface area contributed by atoms with Crippen molar-refractivity contribution < 1.29 is 4.42 Å². The molecule has 1 aromatic rings. The molecule has 0 bridgehead atoms. The van der Waals surface area contributed by atoms with Gasteiger partial charge < -0.3 is 9.73 Å². The number of rotatable bonds is 5. The van der Waals surface area contributed by atoms with Gasteiger partial charge in [0.15, 0.2) is 0 Å². The van der Waals surface area contributed by atoms with E-state index < -0.39 is 0 Å². The summed E-state index contributed by atoms with van der Waals surface area (Å²) >= 11 is 0. The first-order valence-electron chi connectivity index (χ1n) is 6.78. The van der Waals surface area contributed by atoms with E-state index in [0.717, 1.165) is 31.3 Å². The standard InChI is InChI=1S/C14H24N2O/c1-3-15-9-13-6-8-17-14(13)11-16-7-4-5-12(2)10-16/h6,8,12,15H,3-5,7,9-11H2,1-2H3. The summed E-state index contributed by atoms with van der Waals surface area (Å²) in [7, 11) is 0. The number of hydrogen-bond acceptors (Lipinski definition) is 3. The van der Waals surface area contributed by atoms with Crippen LogP contribution in [0.2, 0.25) is 0 Å². The second kappa shape index (κ2) is 6.22. The Bertz CT molecular complexity index is 335. The zero-order chi connectivity index (χ0) is 12.1. The maximum absolute atomic E-state index is 5.62. The molecule has 1 aliphatic heterocycles. The maximum Gasteiger partial charge on any atom is 0.122 e. The topological polar surface area (TPSA) is 28.4 Å². The van der Waals surface area contributed by atoms with Crippen molar-refractivity contribution in [1.82, 2.24) is 10.2 Å². The second-order valence-electron chi connectivity index (χ2n) is 5.13. The van der Waals surface area contributed by atoms with Crippen LogP contribution in [-0.4, -0.2) is 24.5 Å². The number of piperidine rings is 1. The Hall–Kier alpha value is -0.800. The fourth-order valence-corrected chi connectivity index (χ4v) is 2.56. The predicted molar refractivity (Wildman–Crippen MR) is 69.8 cm³/mol. The molecule has 1 fully saturated rings. The lowest BCUT2D eigenvalue weighted by molar-refractivity contribution is 0.164. The molecule has 1 aliphatic rings. The van der Waals surface area contributed by atoms with Crippen molar-refractivity contribution in [2.45, 2.75) is 39.8 Å². The lowest BCUT2D eigenvalue weighted by Crippen LogP contribution is -2.33. The molecule has 0 aromatic carbocycles. The van der Waals surface area contributed by atoms with Crippen molar-refractivity contribution >= 4 is 0 Å². The molecular formula is C14H24N2O. The smallest absolute Gasteiger partial charge is 0.122 e. The van der Waals surface area contributed by atoms with Gasteiger partial charge in [0.1, 0.15) is 5.76 Å². The van der Waals surface area contributed by atoms with Crippen LogP contribution in [0, 0.1) is 5.92 Å². The molecule has 1 saturated heterocycles. The van der Waals surface area contributed by atoms with Crippen molar-refractivity contribution in [2.24, 2.45) is 5.92 Å². The van der Waals surface area contributed by atoms with Crippen LogP contribution < -0.4 is 5.32 Å². The minimum absolute atomic E-state index is 0.830. The van der Waals surface area contributed by atoms with Gasteiger partial charge in [0.05, 0.1) is 12.8 Å². The molecule has 0 aliphatic carbocycles. The van der Waals surface area contributed by atoms with Crippen LogP contribution >= 0.6 is 0 Å². The minimum atomic E-state index is 0.830. The summed E-state index contributed by atoms with van der Waals surface area (Å²) in [6.45, 7) is 9.79. The van der Waals surface area contributed by atoms with Crippen LogP contribution in [0.3, 0.4) is 0 Å². The average Bonchev–Trinajstić information content (AvgIpc) is 2.74. The van der Waals surface area contributed by atoms with Gasteiger partial charge in [-0.15, -0.1) is 0 Å². The highest BCUT2D eigenvalue weighted by molar-refractivity contribution is 5.16. The Balaban J connectivity index is 1.91. The van der Waals surface area contributed by atoms with E-state index in [4.69, 9.17) is 4.42 Å². The first kappa shape index (κ1) is 12.7. The number of nitrogens with zero attached hydrogens (tertiary/aromatic N) is 1. The quantitative estimate of drug-likeness (QED) is 0.852. The van der Waals surface area contributed by atoms with Crippen molar-refractivity contribution in [3.8, 4) is 0 Å². The summed E-state index contributed by atoms with van der Waals surface area (Å²) in [6, 6.07) is 2.09. The second-order valence-corrected chi connectivity index (χ2v) is 5.13. The van der Waals surface area contributed by atoms with E-state index in [1.165, 1.54) is 31.5 Å². The molecule has 1 N–H and O–H groups in total. The number of furan rings is 1. The number of nitrogens with one attached hydrogen (secondary N) is 1. The third kappa shape index (κ3) is 3.58. The number of hydrogen-bond donors (Lipinski definition) is 1. The van der Waals surface area contributed by atoms with E-state index >= 15 is 0 Å². The van der Waals surface area contributed by atoms with Crippen molar-refractivity contribution in [3.05, 3.63) is 23.7 Å². The van der Waals surface area contributed by atoms with Gasteiger partial charge in [-0.05, 0) is 37.9 Å². The fraction of sp³-hybridized carbons (Fsp3) is 0.714. The summed E-state index contributed by atoms with van der Waals surface area (Å²) in [5.74, 6) is 1.97. The molecule has 0 spiro atoms. The SMILES string of the molecule is CCNCc1ccoc1CN1CCCC(C)C1. The lowest BCUT2D eigenvalue weighted by Gasteiger charge is -2.30. The van der Waals surface area contributed by atoms with Gasteiger partial charge in [-0.1, -0.05) is 13.8 Å². The average molecular weight is 236 g/mol. The summed E-state index contributed by atoms with van der Waals surface area (Å²) in [5.41, 5.74) is 1.31.